The maximum absolute atomic E-state index is 14.9. The van der Waals surface area contributed by atoms with Crippen molar-refractivity contribution < 1.29 is 23.9 Å². The van der Waals surface area contributed by atoms with Gasteiger partial charge in [-0.3, -0.25) is 19.8 Å². The van der Waals surface area contributed by atoms with Crippen molar-refractivity contribution in [2.24, 2.45) is 5.16 Å². The first-order valence-corrected chi connectivity index (χ1v) is 11.3. The third kappa shape index (κ3) is 5.98. The summed E-state index contributed by atoms with van der Waals surface area (Å²) in [4.78, 5) is 34.7. The van der Waals surface area contributed by atoms with E-state index in [0.717, 1.165) is 6.54 Å². The molecule has 0 saturated carbocycles. The molecule has 2 unspecified atom stereocenters. The van der Waals surface area contributed by atoms with Gasteiger partial charge in [-0.1, -0.05) is 11.2 Å². The Labute approximate surface area is 192 Å². The Morgan fingerprint density at radius 3 is 2.76 bits per heavy atom. The van der Waals surface area contributed by atoms with Gasteiger partial charge in [0.2, 0.25) is 11.8 Å². The number of carbonyl (C=O) groups is 2. The summed E-state index contributed by atoms with van der Waals surface area (Å²) in [5, 5.41) is 19.4. The fourth-order valence-corrected chi connectivity index (χ4v) is 4.33. The van der Waals surface area contributed by atoms with E-state index >= 15 is 0 Å². The van der Waals surface area contributed by atoms with E-state index in [9.17, 15) is 19.1 Å². The molecule has 0 radical (unpaired) electrons. The molecular formula is C22H31FN6O4. The second-order valence-corrected chi connectivity index (χ2v) is 8.65. The van der Waals surface area contributed by atoms with Crippen LogP contribution in [0.2, 0.25) is 0 Å². The molecule has 2 atom stereocenters. The zero-order valence-corrected chi connectivity index (χ0v) is 18.8. The predicted octanol–water partition coefficient (Wildman–Crippen LogP) is -0.673. The van der Waals surface area contributed by atoms with Gasteiger partial charge in [0.05, 0.1) is 24.5 Å². The summed E-state index contributed by atoms with van der Waals surface area (Å²) in [5.41, 5.74) is 1.82. The smallest absolute Gasteiger partial charge is 0.236 e. The van der Waals surface area contributed by atoms with E-state index in [1.165, 1.54) is 13.0 Å². The standard InChI is InChI=1S/C22H31FN6O4/c1-15(30)25-12-17-11-19(26-33-17)16-2-3-20(18(23)10-16)28-6-8-29(9-7-28)22(32)14-27-5-4-24-21(31)13-27/h2-3,10,17,21,24,31H,4-9,11-14H2,1H3,(H,25,30). The number of hydrogen-bond donors (Lipinski definition) is 3. The Kier molecular flexibility index (Phi) is 7.41. The summed E-state index contributed by atoms with van der Waals surface area (Å²) in [7, 11) is 0. The molecule has 0 spiro atoms. The minimum atomic E-state index is -0.598. The molecule has 1 aromatic carbocycles. The van der Waals surface area contributed by atoms with E-state index in [2.05, 4.69) is 15.8 Å². The van der Waals surface area contributed by atoms with Crippen molar-refractivity contribution in [1.29, 1.82) is 0 Å². The van der Waals surface area contributed by atoms with Gasteiger partial charge in [0.15, 0.2) is 0 Å². The Bertz CT molecular complexity index is 905. The van der Waals surface area contributed by atoms with Gasteiger partial charge < -0.3 is 25.1 Å². The summed E-state index contributed by atoms with van der Waals surface area (Å²) >= 11 is 0. The molecule has 11 heteroatoms. The van der Waals surface area contributed by atoms with Gasteiger partial charge in [-0.15, -0.1) is 0 Å². The SMILES string of the molecule is CC(=O)NCC1CC(c2ccc(N3CCN(C(=O)CN4CCNC(O)C4)CC3)c(F)c2)=NO1. The Hall–Kier alpha value is -2.76. The van der Waals surface area contributed by atoms with Crippen LogP contribution >= 0.6 is 0 Å². The largest absolute Gasteiger partial charge is 0.390 e. The first-order chi connectivity index (χ1) is 15.9. The van der Waals surface area contributed by atoms with Crippen molar-refractivity contribution >= 4 is 23.2 Å². The maximum atomic E-state index is 14.9. The maximum Gasteiger partial charge on any atom is 0.236 e. The third-order valence-corrected chi connectivity index (χ3v) is 6.16. The predicted molar refractivity (Wildman–Crippen MR) is 120 cm³/mol. The van der Waals surface area contributed by atoms with Crippen molar-refractivity contribution in [2.75, 3.05) is 63.8 Å². The van der Waals surface area contributed by atoms with E-state index in [-0.39, 0.29) is 30.3 Å². The molecule has 3 heterocycles. The number of carbonyl (C=O) groups excluding carboxylic acids is 2. The number of halogens is 1. The number of nitrogens with one attached hydrogen (secondary N) is 2. The average Bonchev–Trinajstić information content (AvgIpc) is 3.27. The lowest BCUT2D eigenvalue weighted by Crippen LogP contribution is -2.55. The number of oxime groups is 1. The van der Waals surface area contributed by atoms with Crippen LogP contribution < -0.4 is 15.5 Å². The van der Waals surface area contributed by atoms with Crippen LogP contribution in [0.25, 0.3) is 0 Å². The molecule has 1 aromatic rings. The lowest BCUT2D eigenvalue weighted by atomic mass is 10.0. The number of aliphatic hydroxyl groups is 1. The first kappa shape index (κ1) is 23.4. The lowest BCUT2D eigenvalue weighted by Gasteiger charge is -2.38. The third-order valence-electron chi connectivity index (χ3n) is 6.16. The monoisotopic (exact) mass is 462 g/mol. The Morgan fingerprint density at radius 2 is 2.06 bits per heavy atom. The van der Waals surface area contributed by atoms with E-state index in [0.29, 0.717) is 69.2 Å². The van der Waals surface area contributed by atoms with Gasteiger partial charge in [-0.25, -0.2) is 4.39 Å². The van der Waals surface area contributed by atoms with Crippen LogP contribution in [0.4, 0.5) is 10.1 Å². The molecule has 3 aliphatic rings. The highest BCUT2D eigenvalue weighted by molar-refractivity contribution is 6.01. The summed E-state index contributed by atoms with van der Waals surface area (Å²) in [5.74, 6) is -0.436. The lowest BCUT2D eigenvalue weighted by molar-refractivity contribution is -0.133. The van der Waals surface area contributed by atoms with Crippen LogP contribution in [0.15, 0.2) is 23.4 Å². The number of benzene rings is 1. The highest BCUT2D eigenvalue weighted by Gasteiger charge is 2.27. The second kappa shape index (κ2) is 10.4. The van der Waals surface area contributed by atoms with Gasteiger partial charge >= 0.3 is 0 Å². The van der Waals surface area contributed by atoms with E-state index in [1.54, 1.807) is 11.0 Å². The first-order valence-electron chi connectivity index (χ1n) is 11.3. The van der Waals surface area contributed by atoms with Crippen LogP contribution in [0, 0.1) is 5.82 Å². The van der Waals surface area contributed by atoms with Gasteiger partial charge in [-0.2, -0.15) is 0 Å². The topological polar surface area (TPSA) is 110 Å². The van der Waals surface area contributed by atoms with E-state index < -0.39 is 6.23 Å². The van der Waals surface area contributed by atoms with Crippen molar-refractivity contribution in [1.82, 2.24) is 20.4 Å². The minimum Gasteiger partial charge on any atom is -0.390 e. The highest BCUT2D eigenvalue weighted by Crippen LogP contribution is 2.25. The van der Waals surface area contributed by atoms with Crippen LogP contribution in [0.5, 0.6) is 0 Å². The number of rotatable bonds is 6. The fourth-order valence-electron chi connectivity index (χ4n) is 4.33. The van der Waals surface area contributed by atoms with Crippen molar-refractivity contribution in [2.45, 2.75) is 25.7 Å². The van der Waals surface area contributed by atoms with Gasteiger partial charge in [-0.05, 0) is 12.1 Å². The molecule has 10 nitrogen and oxygen atoms in total. The Morgan fingerprint density at radius 1 is 1.27 bits per heavy atom. The molecule has 0 aromatic heterocycles. The van der Waals surface area contributed by atoms with Crippen LogP contribution in [0.1, 0.15) is 18.9 Å². The normalized spacial score (nSPS) is 23.8. The fraction of sp³-hybridized carbons (Fsp3) is 0.591. The van der Waals surface area contributed by atoms with E-state index in [4.69, 9.17) is 4.84 Å². The molecule has 180 valence electrons. The molecule has 0 aliphatic carbocycles. The van der Waals surface area contributed by atoms with Gasteiger partial charge in [0.1, 0.15) is 18.1 Å². The molecule has 0 bridgehead atoms. The van der Waals surface area contributed by atoms with E-state index in [1.807, 2.05) is 15.9 Å². The molecule has 4 rings (SSSR count). The molecular weight excluding hydrogens is 431 g/mol. The van der Waals surface area contributed by atoms with Gasteiger partial charge in [0.25, 0.3) is 0 Å². The Balaban J connectivity index is 1.28. The molecule has 3 aliphatic heterocycles. The molecule has 2 fully saturated rings. The second-order valence-electron chi connectivity index (χ2n) is 8.65. The average molecular weight is 463 g/mol. The van der Waals surface area contributed by atoms with Crippen LogP contribution in [-0.4, -0.2) is 104 Å². The molecule has 33 heavy (non-hydrogen) atoms. The van der Waals surface area contributed by atoms with Crippen LogP contribution in [-0.2, 0) is 14.4 Å². The number of amides is 2. The highest BCUT2D eigenvalue weighted by atomic mass is 19.1. The molecule has 2 amide bonds. The number of hydrogen-bond acceptors (Lipinski definition) is 8. The molecule has 2 saturated heterocycles. The zero-order chi connectivity index (χ0) is 23.4. The van der Waals surface area contributed by atoms with Crippen molar-refractivity contribution in [3.05, 3.63) is 29.6 Å². The summed E-state index contributed by atoms with van der Waals surface area (Å²) in [6.45, 7) is 6.07. The number of aliphatic hydroxyl groups excluding tert-OH is 1. The molecule has 3 N–H and O–H groups in total. The number of anilines is 1. The van der Waals surface area contributed by atoms with Crippen molar-refractivity contribution in [3.63, 3.8) is 0 Å². The van der Waals surface area contributed by atoms with Crippen molar-refractivity contribution in [3.8, 4) is 0 Å². The summed E-state index contributed by atoms with van der Waals surface area (Å²) in [6, 6.07) is 5.04. The number of nitrogens with zero attached hydrogens (tertiary/aromatic N) is 4. The van der Waals surface area contributed by atoms with Crippen LogP contribution in [0.3, 0.4) is 0 Å². The van der Waals surface area contributed by atoms with Gasteiger partial charge in [0, 0.05) is 64.7 Å². The zero-order valence-electron chi connectivity index (χ0n) is 18.8. The summed E-state index contributed by atoms with van der Waals surface area (Å²) < 4.78 is 14.9. The minimum absolute atomic E-state index is 0.0348. The summed E-state index contributed by atoms with van der Waals surface area (Å²) in [6.07, 6.45) is -0.342. The quantitative estimate of drug-likeness (QED) is 0.514. The number of piperazine rings is 2. The number of β-amino-alcohol motifs (C(OH)–C–C–N with tert-alkyl or cyclic N) is 1.